The van der Waals surface area contributed by atoms with Crippen LogP contribution in [0.4, 0.5) is 0 Å². The maximum atomic E-state index is 8.88. The third-order valence-electron chi connectivity index (χ3n) is 0. The second kappa shape index (κ2) is 8.36. The van der Waals surface area contributed by atoms with Crippen molar-refractivity contribution in [2.75, 3.05) is 0 Å². The van der Waals surface area contributed by atoms with Gasteiger partial charge in [0.15, 0.2) is 0 Å². The summed E-state index contributed by atoms with van der Waals surface area (Å²) in [4.78, 5) is 21.6. The Labute approximate surface area is 75.0 Å². The van der Waals surface area contributed by atoms with Crippen LogP contribution in [-0.4, -0.2) is 44.2 Å². The SMILES string of the molecule is Cl.N.O=P(O)(O)O.[NaH]. The minimum absolute atomic E-state index is 0. The molecule has 0 aromatic heterocycles. The Balaban J connectivity index is -0.0000000267. The first-order valence-electron chi connectivity index (χ1n) is 0.783. The maximum absolute atomic E-state index is 8.88. The molecule has 0 unspecified atom stereocenters. The monoisotopic (exact) mass is 175 g/mol. The van der Waals surface area contributed by atoms with E-state index >= 15 is 0 Å². The van der Waals surface area contributed by atoms with Crippen molar-refractivity contribution in [3.05, 3.63) is 0 Å². The number of phosphoric acid groups is 1. The predicted octanol–water partition coefficient (Wildman–Crippen LogP) is -0.993. The molecule has 5 nitrogen and oxygen atoms in total. The van der Waals surface area contributed by atoms with E-state index in [4.69, 9.17) is 19.2 Å². The molecule has 0 saturated heterocycles. The molecule has 0 aromatic rings. The standard InChI is InChI=1S/ClH.H3N.Na.H3O4P.H/c;;;1-5(2,3)4;/h1H;1H3;;(H3,1,2,3,4);. The molecule has 0 radical (unpaired) electrons. The Morgan fingerprint density at radius 1 is 1.12 bits per heavy atom. The van der Waals surface area contributed by atoms with Crippen LogP contribution in [0, 0.1) is 0 Å². The van der Waals surface area contributed by atoms with Crippen LogP contribution in [-0.2, 0) is 4.57 Å². The molecule has 0 rings (SSSR count). The topological polar surface area (TPSA) is 113 Å². The first-order chi connectivity index (χ1) is 2.00. The van der Waals surface area contributed by atoms with Gasteiger partial charge in [0, 0.05) is 0 Å². The van der Waals surface area contributed by atoms with Crippen molar-refractivity contribution in [1.82, 2.24) is 6.15 Å². The Hall–Kier alpha value is 1.36. The minimum atomic E-state index is -4.64. The summed E-state index contributed by atoms with van der Waals surface area (Å²) in [7, 11) is -4.64. The number of halogens is 1. The van der Waals surface area contributed by atoms with E-state index in [9.17, 15) is 0 Å². The summed E-state index contributed by atoms with van der Waals surface area (Å²) in [6.45, 7) is 0. The number of rotatable bonds is 0. The van der Waals surface area contributed by atoms with Crippen LogP contribution >= 0.6 is 20.2 Å². The Morgan fingerprint density at radius 3 is 1.12 bits per heavy atom. The Bertz CT molecular complexity index is 62.2. The second-order valence-corrected chi connectivity index (χ2v) is 1.54. The molecular weight excluding hydrogens is 167 g/mol. The quantitative estimate of drug-likeness (QED) is 0.279. The molecule has 0 aliphatic rings. The molecule has 0 aromatic carbocycles. The van der Waals surface area contributed by atoms with Crippen molar-refractivity contribution in [1.29, 1.82) is 0 Å². The molecular formula is H8ClNNaO4P. The Kier molecular flexibility index (Phi) is 23.8. The first kappa shape index (κ1) is 22.8. The van der Waals surface area contributed by atoms with E-state index in [0.29, 0.717) is 0 Å². The van der Waals surface area contributed by atoms with Crippen LogP contribution in [0.2, 0.25) is 0 Å². The van der Waals surface area contributed by atoms with Crippen molar-refractivity contribution in [2.24, 2.45) is 0 Å². The summed E-state index contributed by atoms with van der Waals surface area (Å²) in [6.07, 6.45) is 0. The molecule has 50 valence electrons. The van der Waals surface area contributed by atoms with Gasteiger partial charge in [-0.15, -0.1) is 12.4 Å². The van der Waals surface area contributed by atoms with E-state index < -0.39 is 7.82 Å². The van der Waals surface area contributed by atoms with E-state index in [1.54, 1.807) is 0 Å². The van der Waals surface area contributed by atoms with E-state index in [-0.39, 0.29) is 48.1 Å². The summed E-state index contributed by atoms with van der Waals surface area (Å²) < 4.78 is 8.88. The van der Waals surface area contributed by atoms with Gasteiger partial charge in [-0.2, -0.15) is 0 Å². The van der Waals surface area contributed by atoms with Crippen molar-refractivity contribution >= 4 is 49.8 Å². The Morgan fingerprint density at radius 2 is 1.12 bits per heavy atom. The average molecular weight is 175 g/mol. The molecule has 0 heterocycles. The molecule has 0 saturated carbocycles. The molecule has 0 aliphatic carbocycles. The summed E-state index contributed by atoms with van der Waals surface area (Å²) in [5.41, 5.74) is 0. The summed E-state index contributed by atoms with van der Waals surface area (Å²) in [6, 6.07) is 0. The van der Waals surface area contributed by atoms with Crippen molar-refractivity contribution < 1.29 is 19.2 Å². The van der Waals surface area contributed by atoms with Crippen molar-refractivity contribution in [2.45, 2.75) is 0 Å². The molecule has 0 fully saturated rings. The number of hydrogen-bond donors (Lipinski definition) is 4. The van der Waals surface area contributed by atoms with Gasteiger partial charge in [-0.1, -0.05) is 0 Å². The molecule has 8 heteroatoms. The van der Waals surface area contributed by atoms with E-state index in [1.165, 1.54) is 0 Å². The molecule has 0 amide bonds. The molecule has 8 heavy (non-hydrogen) atoms. The van der Waals surface area contributed by atoms with Gasteiger partial charge in [0.25, 0.3) is 0 Å². The van der Waals surface area contributed by atoms with Crippen LogP contribution in [0.15, 0.2) is 0 Å². The fourth-order valence-electron chi connectivity index (χ4n) is 0. The van der Waals surface area contributed by atoms with Crippen LogP contribution in [0.1, 0.15) is 0 Å². The molecule has 0 bridgehead atoms. The molecule has 0 atom stereocenters. The predicted molar refractivity (Wildman–Crippen MR) is 33.7 cm³/mol. The van der Waals surface area contributed by atoms with E-state index in [2.05, 4.69) is 0 Å². The van der Waals surface area contributed by atoms with Crippen molar-refractivity contribution in [3.63, 3.8) is 0 Å². The fraction of sp³-hybridized carbons (Fsp3) is 0. The van der Waals surface area contributed by atoms with Gasteiger partial charge in [-0.25, -0.2) is 4.57 Å². The van der Waals surface area contributed by atoms with Gasteiger partial charge < -0.3 is 20.8 Å². The van der Waals surface area contributed by atoms with Crippen LogP contribution in [0.25, 0.3) is 0 Å². The van der Waals surface area contributed by atoms with Crippen molar-refractivity contribution in [3.8, 4) is 0 Å². The van der Waals surface area contributed by atoms with Gasteiger partial charge in [0.2, 0.25) is 0 Å². The zero-order valence-corrected chi connectivity index (χ0v) is 5.02. The zero-order chi connectivity index (χ0) is 4.50. The normalized spacial score (nSPS) is 7.38. The summed E-state index contributed by atoms with van der Waals surface area (Å²) >= 11 is 0. The molecule has 0 spiro atoms. The third-order valence-corrected chi connectivity index (χ3v) is 0. The van der Waals surface area contributed by atoms with Gasteiger partial charge in [0.1, 0.15) is 0 Å². The van der Waals surface area contributed by atoms with Gasteiger partial charge in [-0.05, 0) is 0 Å². The second-order valence-electron chi connectivity index (χ2n) is 0.513. The molecule has 0 aliphatic heterocycles. The fourth-order valence-corrected chi connectivity index (χ4v) is 0. The average Bonchev–Trinajstić information content (AvgIpc) is 0.722. The summed E-state index contributed by atoms with van der Waals surface area (Å²) in [5.74, 6) is 0. The summed E-state index contributed by atoms with van der Waals surface area (Å²) in [5, 5.41) is 0. The van der Waals surface area contributed by atoms with Crippen LogP contribution < -0.4 is 6.15 Å². The van der Waals surface area contributed by atoms with Gasteiger partial charge in [0.05, 0.1) is 0 Å². The van der Waals surface area contributed by atoms with Gasteiger partial charge in [-0.3, -0.25) is 0 Å². The first-order valence-corrected chi connectivity index (χ1v) is 2.35. The third kappa shape index (κ3) is 161. The van der Waals surface area contributed by atoms with Crippen LogP contribution in [0.3, 0.4) is 0 Å². The van der Waals surface area contributed by atoms with Gasteiger partial charge >= 0.3 is 37.4 Å². The van der Waals surface area contributed by atoms with E-state index in [0.717, 1.165) is 0 Å². The van der Waals surface area contributed by atoms with Crippen LogP contribution in [0.5, 0.6) is 0 Å². The number of hydrogen-bond acceptors (Lipinski definition) is 2. The van der Waals surface area contributed by atoms with E-state index in [1.807, 2.05) is 0 Å². The zero-order valence-electron chi connectivity index (χ0n) is 3.31. The molecule has 6 N–H and O–H groups in total.